The maximum Gasteiger partial charge on any atom is 0.269 e. The molecule has 0 spiro atoms. The quantitative estimate of drug-likeness (QED) is 0.322. The van der Waals surface area contributed by atoms with Crippen molar-refractivity contribution in [1.29, 1.82) is 0 Å². The van der Waals surface area contributed by atoms with Gasteiger partial charge in [-0.25, -0.2) is 12.7 Å². The van der Waals surface area contributed by atoms with Crippen LogP contribution in [-0.2, 0) is 30.8 Å². The number of aromatic nitrogens is 1. The Morgan fingerprint density at radius 3 is 2.52 bits per heavy atom. The molecular weight excluding hydrogens is 588 g/mol. The van der Waals surface area contributed by atoms with E-state index in [1.165, 1.54) is 49.7 Å². The molecule has 2 aliphatic rings. The van der Waals surface area contributed by atoms with Crippen molar-refractivity contribution in [2.75, 3.05) is 40.5 Å². The van der Waals surface area contributed by atoms with Gasteiger partial charge in [-0.2, -0.15) is 0 Å². The summed E-state index contributed by atoms with van der Waals surface area (Å²) >= 11 is 0. The number of benzene rings is 2. The molecule has 0 aliphatic carbocycles. The van der Waals surface area contributed by atoms with Gasteiger partial charge in [0.2, 0.25) is 11.8 Å². The molecule has 12 nitrogen and oxygen atoms in total. The lowest BCUT2D eigenvalue weighted by Crippen LogP contribution is -2.49. The number of carbonyl (C=O) groups excluding carboxylic acids is 3. The molecule has 0 radical (unpaired) electrons. The monoisotopic (exact) mass is 622 g/mol. The van der Waals surface area contributed by atoms with Crippen LogP contribution in [0, 0.1) is 0 Å². The van der Waals surface area contributed by atoms with Crippen molar-refractivity contribution in [3.63, 3.8) is 0 Å². The summed E-state index contributed by atoms with van der Waals surface area (Å²) in [5.41, 5.74) is 1.26. The predicted molar refractivity (Wildman–Crippen MR) is 159 cm³/mol. The number of rotatable bonds is 12. The topological polar surface area (TPSA) is 144 Å². The van der Waals surface area contributed by atoms with Crippen LogP contribution in [0.4, 0.5) is 0 Å². The molecule has 3 amide bonds. The first-order valence-electron chi connectivity index (χ1n) is 14.2. The van der Waals surface area contributed by atoms with Gasteiger partial charge in [-0.15, -0.1) is 0 Å². The largest absolute Gasteiger partial charge is 0.493 e. The van der Waals surface area contributed by atoms with Crippen molar-refractivity contribution in [1.82, 2.24) is 19.5 Å². The zero-order valence-electron chi connectivity index (χ0n) is 24.5. The van der Waals surface area contributed by atoms with E-state index in [0.29, 0.717) is 28.0 Å². The molecule has 232 valence electrons. The summed E-state index contributed by atoms with van der Waals surface area (Å²) in [6.45, 7) is 0.115. The van der Waals surface area contributed by atoms with E-state index in [9.17, 15) is 22.8 Å². The second kappa shape index (κ2) is 13.4. The van der Waals surface area contributed by atoms with Gasteiger partial charge in [-0.05, 0) is 66.8 Å². The lowest BCUT2D eigenvalue weighted by Gasteiger charge is -2.32. The first-order chi connectivity index (χ1) is 21.2. The Morgan fingerprint density at radius 2 is 1.84 bits per heavy atom. The van der Waals surface area contributed by atoms with Gasteiger partial charge in [0.05, 0.1) is 25.9 Å². The fourth-order valence-corrected chi connectivity index (χ4v) is 6.94. The summed E-state index contributed by atoms with van der Waals surface area (Å²) < 4.78 is 43.6. The van der Waals surface area contributed by atoms with Crippen molar-refractivity contribution in [2.45, 2.75) is 36.3 Å². The Labute approximate surface area is 256 Å². The van der Waals surface area contributed by atoms with Crippen LogP contribution in [0.5, 0.6) is 11.5 Å². The highest BCUT2D eigenvalue weighted by Crippen LogP contribution is 2.32. The zero-order chi connectivity index (χ0) is 31.3. The van der Waals surface area contributed by atoms with Gasteiger partial charge in [0.15, 0.2) is 11.5 Å². The van der Waals surface area contributed by atoms with Crippen LogP contribution >= 0.6 is 0 Å². The van der Waals surface area contributed by atoms with Crippen LogP contribution in [0.1, 0.15) is 40.4 Å². The van der Waals surface area contributed by atoms with E-state index in [-0.39, 0.29) is 36.1 Å². The van der Waals surface area contributed by atoms with Crippen LogP contribution in [-0.4, -0.2) is 86.9 Å². The predicted octanol–water partition coefficient (Wildman–Crippen LogP) is 2.35. The third-order valence-electron chi connectivity index (χ3n) is 7.71. The summed E-state index contributed by atoms with van der Waals surface area (Å²) in [4.78, 5) is 46.3. The second-order valence-corrected chi connectivity index (χ2v) is 12.2. The highest BCUT2D eigenvalue weighted by atomic mass is 32.2. The molecule has 2 atom stereocenters. The summed E-state index contributed by atoms with van der Waals surface area (Å²) in [7, 11) is -1.22. The third kappa shape index (κ3) is 6.38. The molecule has 1 fully saturated rings. The van der Waals surface area contributed by atoms with E-state index in [4.69, 9.17) is 14.2 Å². The highest BCUT2D eigenvalue weighted by Gasteiger charge is 2.43. The summed E-state index contributed by atoms with van der Waals surface area (Å²) in [5, 5.41) is 2.91. The number of ether oxygens (including phenoxy) is 3. The van der Waals surface area contributed by atoms with Gasteiger partial charge in [-0.1, -0.05) is 18.2 Å². The number of nitrogens with zero attached hydrogens (tertiary/aromatic N) is 3. The molecule has 5 rings (SSSR count). The van der Waals surface area contributed by atoms with Crippen molar-refractivity contribution in [3.8, 4) is 11.5 Å². The van der Waals surface area contributed by atoms with Gasteiger partial charge in [-0.3, -0.25) is 19.4 Å². The third-order valence-corrected chi connectivity index (χ3v) is 9.50. The van der Waals surface area contributed by atoms with E-state index in [2.05, 4.69) is 10.3 Å². The van der Waals surface area contributed by atoms with Gasteiger partial charge >= 0.3 is 0 Å². The molecule has 3 aromatic rings. The summed E-state index contributed by atoms with van der Waals surface area (Å²) in [6.07, 6.45) is 4.87. The number of nitrogens with one attached hydrogen (secondary N) is 1. The molecule has 0 unspecified atom stereocenters. The van der Waals surface area contributed by atoms with Crippen LogP contribution < -0.4 is 14.8 Å². The number of hydrogen-bond acceptors (Lipinski definition) is 9. The minimum atomic E-state index is -4.26. The lowest BCUT2D eigenvalue weighted by atomic mass is 10.0. The van der Waals surface area contributed by atoms with Crippen molar-refractivity contribution < 1.29 is 37.0 Å². The number of sulfonamides is 1. The number of fused-ring (bicyclic) bond motifs is 1. The number of pyridine rings is 1. The number of amides is 3. The second-order valence-electron chi connectivity index (χ2n) is 10.4. The number of methoxy groups -OCH3 is 2. The number of carbonyl (C=O) groups is 3. The number of hydrogen-bond donors (Lipinski definition) is 1. The Balaban J connectivity index is 1.47. The van der Waals surface area contributed by atoms with Crippen LogP contribution in [0.2, 0.25) is 0 Å². The standard InChI is InChI=1S/C31H34N4O8S/c1-41-25-10-9-21(18-26(25)42-2)13-16-34(28(36)20-35-31(38)24-7-3-4-8-27(24)44(35,39)40)29(22-11-14-32-15-12-22)30(37)33-19-23-6-5-17-43-23/h3-4,7-12,14-15,18,23,29H,5-6,13,16-17,19-20H2,1-2H3,(H,33,37)/t23-,29+/m0/s1. The van der Waals surface area contributed by atoms with E-state index in [0.717, 1.165) is 18.4 Å². The molecule has 13 heteroatoms. The van der Waals surface area contributed by atoms with E-state index in [1.54, 1.807) is 30.3 Å². The van der Waals surface area contributed by atoms with Crippen molar-refractivity contribution in [2.24, 2.45) is 0 Å². The SMILES string of the molecule is COc1ccc(CCN(C(=O)CN2C(=O)c3ccccc3S2(=O)=O)[C@@H](C(=O)NC[C@@H]2CCCO2)c2ccncc2)cc1OC. The fraction of sp³-hybridized carbons (Fsp3) is 0.355. The van der Waals surface area contributed by atoms with Gasteiger partial charge in [0.1, 0.15) is 17.5 Å². The molecular formula is C31H34N4O8S. The van der Waals surface area contributed by atoms with E-state index in [1.807, 2.05) is 6.07 Å². The molecule has 1 saturated heterocycles. The Hall–Kier alpha value is -4.49. The highest BCUT2D eigenvalue weighted by molar-refractivity contribution is 7.90. The normalized spacial score (nSPS) is 17.5. The van der Waals surface area contributed by atoms with E-state index >= 15 is 0 Å². The smallest absolute Gasteiger partial charge is 0.269 e. The minimum absolute atomic E-state index is 0.00262. The molecule has 1 N–H and O–H groups in total. The summed E-state index contributed by atoms with van der Waals surface area (Å²) in [5.74, 6) is -0.952. The van der Waals surface area contributed by atoms with Gasteiger partial charge in [0, 0.05) is 32.1 Å². The van der Waals surface area contributed by atoms with Crippen LogP contribution in [0.15, 0.2) is 71.9 Å². The van der Waals surface area contributed by atoms with Gasteiger partial charge < -0.3 is 24.4 Å². The molecule has 0 saturated carbocycles. The lowest BCUT2D eigenvalue weighted by molar-refractivity contribution is -0.141. The minimum Gasteiger partial charge on any atom is -0.493 e. The maximum atomic E-state index is 14.1. The zero-order valence-corrected chi connectivity index (χ0v) is 25.3. The van der Waals surface area contributed by atoms with Crippen molar-refractivity contribution in [3.05, 3.63) is 83.7 Å². The van der Waals surface area contributed by atoms with Crippen molar-refractivity contribution >= 4 is 27.7 Å². The fourth-order valence-electron chi connectivity index (χ4n) is 5.42. The molecule has 2 aromatic carbocycles. The summed E-state index contributed by atoms with van der Waals surface area (Å²) in [6, 6.07) is 13.2. The molecule has 3 heterocycles. The van der Waals surface area contributed by atoms with Gasteiger partial charge in [0.25, 0.3) is 15.9 Å². The molecule has 2 aliphatic heterocycles. The maximum absolute atomic E-state index is 14.1. The van der Waals surface area contributed by atoms with E-state index < -0.39 is 40.3 Å². The molecule has 1 aromatic heterocycles. The van der Waals surface area contributed by atoms with Crippen LogP contribution in [0.3, 0.4) is 0 Å². The molecule has 44 heavy (non-hydrogen) atoms. The Morgan fingerprint density at radius 1 is 1.09 bits per heavy atom. The first-order valence-corrected chi connectivity index (χ1v) is 15.6. The molecule has 0 bridgehead atoms. The Kier molecular flexibility index (Phi) is 9.45. The average molecular weight is 623 g/mol. The Bertz CT molecular complexity index is 1630. The first kappa shape index (κ1) is 31.0. The van der Waals surface area contributed by atoms with Crippen LogP contribution in [0.25, 0.3) is 0 Å². The average Bonchev–Trinajstić information content (AvgIpc) is 3.63.